The summed E-state index contributed by atoms with van der Waals surface area (Å²) in [5.74, 6) is 0.0534. The molecule has 1 atom stereocenters. The highest BCUT2D eigenvalue weighted by atomic mass is 16.5. The van der Waals surface area contributed by atoms with Crippen LogP contribution < -0.4 is 19.1 Å². The molecule has 1 aromatic heterocycles. The predicted molar refractivity (Wildman–Crippen MR) is 143 cm³/mol. The van der Waals surface area contributed by atoms with Gasteiger partial charge in [0.25, 0.3) is 5.78 Å². The lowest BCUT2D eigenvalue weighted by Gasteiger charge is -2.24. The fourth-order valence-electron chi connectivity index (χ4n) is 4.46. The topological polar surface area (TPSA) is 111 Å². The Labute approximate surface area is 224 Å². The van der Waals surface area contributed by atoms with Gasteiger partial charge >= 0.3 is 5.91 Å². The van der Waals surface area contributed by atoms with Gasteiger partial charge in [-0.15, -0.1) is 0 Å². The number of aliphatic hydroxyl groups excluding tert-OH is 1. The van der Waals surface area contributed by atoms with E-state index in [1.165, 1.54) is 19.1 Å². The Balaban J connectivity index is 1.60. The van der Waals surface area contributed by atoms with Gasteiger partial charge in [-0.2, -0.15) is 0 Å². The van der Waals surface area contributed by atoms with Crippen LogP contribution in [0.2, 0.25) is 0 Å². The minimum atomic E-state index is -1.01. The number of hydrogen-bond donors (Lipinski definition) is 1. The Morgan fingerprint density at radius 2 is 1.69 bits per heavy atom. The quantitative estimate of drug-likeness (QED) is 0.189. The van der Waals surface area contributed by atoms with Crippen molar-refractivity contribution in [2.45, 2.75) is 19.6 Å². The number of benzene rings is 3. The lowest BCUT2D eigenvalue weighted by molar-refractivity contribution is -0.132. The number of ketones is 1. The Hall–Kier alpha value is -5.05. The number of hydrogen-bond acceptors (Lipinski definition) is 8. The van der Waals surface area contributed by atoms with Crippen LogP contribution in [0.5, 0.6) is 17.2 Å². The molecule has 39 heavy (non-hydrogen) atoms. The maximum absolute atomic E-state index is 13.4. The first-order chi connectivity index (χ1) is 18.9. The zero-order chi connectivity index (χ0) is 27.5. The fourth-order valence-corrected chi connectivity index (χ4v) is 4.46. The van der Waals surface area contributed by atoms with Crippen LogP contribution in [-0.2, 0) is 16.2 Å². The third kappa shape index (κ3) is 4.94. The molecule has 9 nitrogen and oxygen atoms in total. The zero-order valence-electron chi connectivity index (χ0n) is 21.6. The molecule has 0 bridgehead atoms. The molecular formula is C30H26N2O7. The summed E-state index contributed by atoms with van der Waals surface area (Å²) < 4.78 is 22.0. The zero-order valence-corrected chi connectivity index (χ0v) is 21.6. The Morgan fingerprint density at radius 3 is 2.33 bits per heavy atom. The number of Topliss-reactive ketones (excluding diaryl/α,β-unsaturated/α-hetero) is 1. The van der Waals surface area contributed by atoms with Crippen molar-refractivity contribution in [3.8, 4) is 17.2 Å². The van der Waals surface area contributed by atoms with Crippen LogP contribution in [0.1, 0.15) is 28.5 Å². The van der Waals surface area contributed by atoms with E-state index in [1.54, 1.807) is 55.5 Å². The smallest absolute Gasteiger partial charge is 0.301 e. The Kier molecular flexibility index (Phi) is 7.05. The Bertz CT molecular complexity index is 1540. The first kappa shape index (κ1) is 25.6. The molecule has 1 N–H and O–H groups in total. The van der Waals surface area contributed by atoms with Crippen molar-refractivity contribution in [3.05, 3.63) is 107 Å². The number of nitrogens with zero attached hydrogens (tertiary/aromatic N) is 2. The number of methoxy groups -OCH3 is 2. The summed E-state index contributed by atoms with van der Waals surface area (Å²) in [7, 11) is 3.03. The lowest BCUT2D eigenvalue weighted by atomic mass is 9.95. The third-order valence-corrected chi connectivity index (χ3v) is 6.41. The second kappa shape index (κ2) is 10.7. The largest absolute Gasteiger partial charge is 0.507 e. The highest BCUT2D eigenvalue weighted by molar-refractivity contribution is 6.51. The molecule has 1 saturated heterocycles. The molecule has 5 rings (SSSR count). The Morgan fingerprint density at radius 1 is 0.949 bits per heavy atom. The van der Waals surface area contributed by atoms with Crippen LogP contribution >= 0.6 is 0 Å². The number of ether oxygens (including phenoxy) is 3. The summed E-state index contributed by atoms with van der Waals surface area (Å²) in [5.41, 5.74) is 1.75. The van der Waals surface area contributed by atoms with Gasteiger partial charge in [-0.25, -0.2) is 0 Å². The van der Waals surface area contributed by atoms with Gasteiger partial charge in [-0.05, 0) is 54.4 Å². The molecule has 9 heteroatoms. The van der Waals surface area contributed by atoms with Gasteiger partial charge in [-0.3, -0.25) is 14.5 Å². The van der Waals surface area contributed by atoms with Crippen molar-refractivity contribution >= 4 is 23.3 Å². The number of carbonyl (C=O) groups excluding carboxylic acids is 2. The van der Waals surface area contributed by atoms with E-state index in [-0.39, 0.29) is 17.2 Å². The molecule has 2 heterocycles. The van der Waals surface area contributed by atoms with Crippen LogP contribution in [0.3, 0.4) is 0 Å². The number of amides is 1. The number of carbonyl (C=O) groups is 2. The number of aliphatic hydroxyl groups is 1. The first-order valence-corrected chi connectivity index (χ1v) is 12.1. The maximum atomic E-state index is 13.4. The van der Waals surface area contributed by atoms with E-state index in [2.05, 4.69) is 5.16 Å². The predicted octanol–water partition coefficient (Wildman–Crippen LogP) is 5.21. The average molecular weight is 527 g/mol. The van der Waals surface area contributed by atoms with Gasteiger partial charge in [0, 0.05) is 11.6 Å². The standard InChI is InChI=1S/C30H26N2O7/c1-18-15-25(31-39-18)32-27(26(29(34)30(32)35)28(33)20-9-12-22(36-2)13-10-20)21-11-14-23(24(16-21)37-3)38-17-19-7-5-4-6-8-19/h4-16,27,33H,17H2,1-3H3/t27-/m0/s1. The second-order valence-corrected chi connectivity index (χ2v) is 8.88. The summed E-state index contributed by atoms with van der Waals surface area (Å²) >= 11 is 0. The van der Waals surface area contributed by atoms with Gasteiger partial charge in [0.1, 0.15) is 23.9 Å². The van der Waals surface area contributed by atoms with Crippen molar-refractivity contribution in [1.82, 2.24) is 5.16 Å². The first-order valence-electron chi connectivity index (χ1n) is 12.1. The van der Waals surface area contributed by atoms with Gasteiger partial charge in [-0.1, -0.05) is 41.6 Å². The van der Waals surface area contributed by atoms with E-state index >= 15 is 0 Å². The molecule has 198 valence electrons. The number of aryl methyl sites for hydroxylation is 1. The van der Waals surface area contributed by atoms with E-state index in [0.29, 0.717) is 40.7 Å². The molecule has 1 fully saturated rings. The number of aromatic nitrogens is 1. The van der Waals surface area contributed by atoms with Crippen LogP contribution in [0, 0.1) is 6.92 Å². The van der Waals surface area contributed by atoms with Crippen molar-refractivity contribution in [2.75, 3.05) is 19.1 Å². The minimum Gasteiger partial charge on any atom is -0.507 e. The molecule has 0 unspecified atom stereocenters. The number of rotatable bonds is 8. The van der Waals surface area contributed by atoms with E-state index in [0.717, 1.165) is 5.56 Å². The van der Waals surface area contributed by atoms with Crippen LogP contribution in [0.4, 0.5) is 5.82 Å². The normalized spacial score (nSPS) is 16.4. The molecule has 0 spiro atoms. The van der Waals surface area contributed by atoms with Gasteiger partial charge in [0.2, 0.25) is 0 Å². The third-order valence-electron chi connectivity index (χ3n) is 6.41. The van der Waals surface area contributed by atoms with Crippen LogP contribution in [-0.4, -0.2) is 36.2 Å². The van der Waals surface area contributed by atoms with Crippen molar-refractivity contribution in [1.29, 1.82) is 0 Å². The summed E-state index contributed by atoms with van der Waals surface area (Å²) in [6.07, 6.45) is 0. The van der Waals surface area contributed by atoms with Gasteiger partial charge in [0.05, 0.1) is 25.8 Å². The molecule has 4 aromatic rings. The van der Waals surface area contributed by atoms with E-state index in [9.17, 15) is 14.7 Å². The van der Waals surface area contributed by atoms with Gasteiger partial charge < -0.3 is 23.8 Å². The summed E-state index contributed by atoms with van der Waals surface area (Å²) in [4.78, 5) is 27.9. The summed E-state index contributed by atoms with van der Waals surface area (Å²) in [6.45, 7) is 2.01. The molecule has 1 aliphatic rings. The second-order valence-electron chi connectivity index (χ2n) is 8.88. The van der Waals surface area contributed by atoms with Crippen molar-refractivity contribution in [2.24, 2.45) is 0 Å². The molecular weight excluding hydrogens is 500 g/mol. The lowest BCUT2D eigenvalue weighted by Crippen LogP contribution is -2.29. The van der Waals surface area contributed by atoms with Gasteiger partial charge in [0.15, 0.2) is 17.3 Å². The fraction of sp³-hybridized carbons (Fsp3) is 0.167. The highest BCUT2D eigenvalue weighted by Crippen LogP contribution is 2.44. The van der Waals surface area contributed by atoms with E-state index < -0.39 is 17.7 Å². The molecule has 0 radical (unpaired) electrons. The molecule has 1 amide bonds. The van der Waals surface area contributed by atoms with E-state index in [4.69, 9.17) is 18.7 Å². The molecule has 1 aliphatic heterocycles. The monoisotopic (exact) mass is 526 g/mol. The molecule has 3 aromatic carbocycles. The van der Waals surface area contributed by atoms with Crippen LogP contribution in [0.25, 0.3) is 5.76 Å². The summed E-state index contributed by atoms with van der Waals surface area (Å²) in [5, 5.41) is 15.3. The summed E-state index contributed by atoms with van der Waals surface area (Å²) in [6, 6.07) is 21.9. The van der Waals surface area contributed by atoms with Crippen LogP contribution in [0.15, 0.2) is 89.0 Å². The van der Waals surface area contributed by atoms with Crippen molar-refractivity contribution in [3.63, 3.8) is 0 Å². The SMILES string of the molecule is COc1ccc(C(O)=C2C(=O)C(=O)N(c3cc(C)on3)[C@H]2c2ccc(OCc3ccccc3)c(OC)c2)cc1. The van der Waals surface area contributed by atoms with Crippen molar-refractivity contribution < 1.29 is 33.4 Å². The molecule has 0 aliphatic carbocycles. The minimum absolute atomic E-state index is 0.0918. The highest BCUT2D eigenvalue weighted by Gasteiger charge is 2.48. The average Bonchev–Trinajstić information content (AvgIpc) is 3.51. The molecule has 0 saturated carbocycles. The van der Waals surface area contributed by atoms with E-state index in [1.807, 2.05) is 30.3 Å². The maximum Gasteiger partial charge on any atom is 0.301 e. The number of anilines is 1.